The fourth-order valence-electron chi connectivity index (χ4n) is 2.32. The van der Waals surface area contributed by atoms with E-state index in [0.29, 0.717) is 5.92 Å². The largest absolute Gasteiger partial charge is 0.484 e. The van der Waals surface area contributed by atoms with Crippen LogP contribution in [0.15, 0.2) is 54.6 Å². The summed E-state index contributed by atoms with van der Waals surface area (Å²) in [7, 11) is 0. The van der Waals surface area contributed by atoms with Crippen LogP contribution in [-0.2, 0) is 0 Å². The van der Waals surface area contributed by atoms with Gasteiger partial charge in [0.25, 0.3) is 0 Å². The molecule has 0 aromatic heterocycles. The molecule has 0 aliphatic heterocycles. The van der Waals surface area contributed by atoms with Gasteiger partial charge in [0.2, 0.25) is 0 Å². The van der Waals surface area contributed by atoms with E-state index in [0.717, 1.165) is 11.3 Å². The van der Waals surface area contributed by atoms with Gasteiger partial charge in [0.15, 0.2) is 0 Å². The lowest BCUT2D eigenvalue weighted by Gasteiger charge is -2.25. The van der Waals surface area contributed by atoms with Crippen LogP contribution < -0.4 is 10.5 Å². The van der Waals surface area contributed by atoms with E-state index in [2.05, 4.69) is 32.0 Å². The van der Waals surface area contributed by atoms with Crippen molar-refractivity contribution in [3.63, 3.8) is 0 Å². The number of ether oxygens (including phenoxy) is 1. The summed E-state index contributed by atoms with van der Waals surface area (Å²) in [4.78, 5) is 0. The van der Waals surface area contributed by atoms with E-state index in [9.17, 15) is 0 Å². The quantitative estimate of drug-likeness (QED) is 0.879. The second kappa shape index (κ2) is 6.58. The highest BCUT2D eigenvalue weighted by Crippen LogP contribution is 2.31. The highest BCUT2D eigenvalue weighted by Gasteiger charge is 2.19. The molecule has 0 radical (unpaired) electrons. The first-order valence-electron chi connectivity index (χ1n) is 7.15. The van der Waals surface area contributed by atoms with E-state index in [-0.39, 0.29) is 12.1 Å². The molecule has 0 fully saturated rings. The van der Waals surface area contributed by atoms with Crippen molar-refractivity contribution in [2.24, 2.45) is 5.73 Å². The lowest BCUT2D eigenvalue weighted by Crippen LogP contribution is -2.29. The van der Waals surface area contributed by atoms with Gasteiger partial charge in [0, 0.05) is 6.04 Å². The summed E-state index contributed by atoms with van der Waals surface area (Å²) in [6.45, 7) is 6.33. The normalized spacial score (nSPS) is 14.1. The van der Waals surface area contributed by atoms with Crippen LogP contribution in [0.2, 0.25) is 0 Å². The van der Waals surface area contributed by atoms with E-state index in [1.165, 1.54) is 5.56 Å². The van der Waals surface area contributed by atoms with Crippen LogP contribution in [0.4, 0.5) is 0 Å². The molecule has 0 aliphatic carbocycles. The van der Waals surface area contributed by atoms with Crippen molar-refractivity contribution in [1.29, 1.82) is 0 Å². The molecule has 0 heterocycles. The predicted octanol–water partition coefficient (Wildman–Crippen LogP) is 4.28. The molecule has 2 heteroatoms. The monoisotopic (exact) mass is 269 g/mol. The number of nitrogens with two attached hydrogens (primary N) is 1. The van der Waals surface area contributed by atoms with Crippen LogP contribution in [0.3, 0.4) is 0 Å². The molecular formula is C18H23NO. The van der Waals surface area contributed by atoms with Crippen molar-refractivity contribution in [3.05, 3.63) is 65.7 Å². The van der Waals surface area contributed by atoms with Crippen molar-refractivity contribution < 1.29 is 4.74 Å². The van der Waals surface area contributed by atoms with Gasteiger partial charge in [-0.25, -0.2) is 0 Å². The van der Waals surface area contributed by atoms with E-state index in [1.807, 2.05) is 43.3 Å². The summed E-state index contributed by atoms with van der Waals surface area (Å²) >= 11 is 0. The minimum atomic E-state index is -0.129. The van der Waals surface area contributed by atoms with Crippen molar-refractivity contribution in [2.75, 3.05) is 0 Å². The molecule has 2 unspecified atom stereocenters. The minimum absolute atomic E-state index is 0.0716. The highest BCUT2D eigenvalue weighted by atomic mass is 16.5. The average Bonchev–Trinajstić information content (AvgIpc) is 2.45. The summed E-state index contributed by atoms with van der Waals surface area (Å²) in [6.07, 6.45) is -0.129. The van der Waals surface area contributed by atoms with Gasteiger partial charge in [-0.2, -0.15) is 0 Å². The van der Waals surface area contributed by atoms with Gasteiger partial charge in [-0.05, 0) is 30.0 Å². The van der Waals surface area contributed by atoms with Crippen molar-refractivity contribution in [3.8, 4) is 5.75 Å². The van der Waals surface area contributed by atoms with Gasteiger partial charge in [0.1, 0.15) is 11.9 Å². The van der Waals surface area contributed by atoms with E-state index >= 15 is 0 Å². The number of benzene rings is 2. The molecule has 2 aromatic rings. The van der Waals surface area contributed by atoms with Crippen LogP contribution >= 0.6 is 0 Å². The maximum absolute atomic E-state index is 6.23. The second-order valence-corrected chi connectivity index (χ2v) is 5.50. The lowest BCUT2D eigenvalue weighted by molar-refractivity contribution is 0.178. The smallest absolute Gasteiger partial charge is 0.138 e. The summed E-state index contributed by atoms with van der Waals surface area (Å²) in [5.41, 5.74) is 8.45. The molecule has 2 aromatic carbocycles. The Hall–Kier alpha value is -1.80. The van der Waals surface area contributed by atoms with Crippen molar-refractivity contribution in [1.82, 2.24) is 0 Å². The van der Waals surface area contributed by atoms with Crippen molar-refractivity contribution in [2.45, 2.75) is 38.8 Å². The first-order chi connectivity index (χ1) is 9.59. The standard InChI is InChI=1S/C18H23NO/c1-13(2)16-11-7-8-12-17(16)20-18(14(3)19)15-9-5-4-6-10-15/h4-14,18H,19H2,1-3H3. The summed E-state index contributed by atoms with van der Waals surface area (Å²) in [5.74, 6) is 1.35. The first-order valence-corrected chi connectivity index (χ1v) is 7.15. The van der Waals surface area contributed by atoms with Crippen LogP contribution in [0.5, 0.6) is 5.75 Å². The van der Waals surface area contributed by atoms with Crippen LogP contribution in [0.1, 0.15) is 43.9 Å². The van der Waals surface area contributed by atoms with Crippen LogP contribution in [0, 0.1) is 0 Å². The Morgan fingerprint density at radius 3 is 2.05 bits per heavy atom. The second-order valence-electron chi connectivity index (χ2n) is 5.50. The molecule has 20 heavy (non-hydrogen) atoms. The number of hydrogen-bond acceptors (Lipinski definition) is 2. The zero-order chi connectivity index (χ0) is 14.5. The SMILES string of the molecule is CC(C)c1ccccc1OC(c1ccccc1)C(C)N. The highest BCUT2D eigenvalue weighted by molar-refractivity contribution is 5.36. The van der Waals surface area contributed by atoms with E-state index < -0.39 is 0 Å². The summed E-state index contributed by atoms with van der Waals surface area (Å²) in [6, 6.07) is 18.3. The van der Waals surface area contributed by atoms with Gasteiger partial charge >= 0.3 is 0 Å². The molecule has 0 saturated heterocycles. The van der Waals surface area contributed by atoms with E-state index in [1.54, 1.807) is 0 Å². The number of para-hydroxylation sites is 1. The Kier molecular flexibility index (Phi) is 4.80. The molecule has 0 saturated carbocycles. The first kappa shape index (κ1) is 14.6. The third-order valence-corrected chi connectivity index (χ3v) is 3.40. The van der Waals surface area contributed by atoms with E-state index in [4.69, 9.17) is 10.5 Å². The molecule has 2 atom stereocenters. The third kappa shape index (κ3) is 3.40. The molecule has 2 rings (SSSR count). The topological polar surface area (TPSA) is 35.2 Å². The Balaban J connectivity index is 2.30. The van der Waals surface area contributed by atoms with Gasteiger partial charge < -0.3 is 10.5 Å². The summed E-state index contributed by atoms with van der Waals surface area (Å²) < 4.78 is 6.23. The summed E-state index contributed by atoms with van der Waals surface area (Å²) in [5, 5.41) is 0. The van der Waals surface area contributed by atoms with Gasteiger partial charge in [-0.1, -0.05) is 62.4 Å². The minimum Gasteiger partial charge on any atom is -0.484 e. The lowest BCUT2D eigenvalue weighted by atomic mass is 10.0. The Bertz CT molecular complexity index is 534. The molecule has 0 amide bonds. The van der Waals surface area contributed by atoms with Gasteiger partial charge in [-0.3, -0.25) is 0 Å². The molecule has 0 bridgehead atoms. The molecule has 0 aliphatic rings. The zero-order valence-electron chi connectivity index (χ0n) is 12.4. The Labute approximate surface area is 121 Å². The number of rotatable bonds is 5. The fraction of sp³-hybridized carbons (Fsp3) is 0.333. The Morgan fingerprint density at radius 2 is 1.45 bits per heavy atom. The molecular weight excluding hydrogens is 246 g/mol. The van der Waals surface area contributed by atoms with Crippen LogP contribution in [0.25, 0.3) is 0 Å². The van der Waals surface area contributed by atoms with Crippen molar-refractivity contribution >= 4 is 0 Å². The molecule has 2 N–H and O–H groups in total. The maximum atomic E-state index is 6.23. The molecule has 0 spiro atoms. The van der Waals surface area contributed by atoms with Gasteiger partial charge in [-0.15, -0.1) is 0 Å². The average molecular weight is 269 g/mol. The number of hydrogen-bond donors (Lipinski definition) is 1. The predicted molar refractivity (Wildman–Crippen MR) is 84.0 cm³/mol. The van der Waals surface area contributed by atoms with Gasteiger partial charge in [0.05, 0.1) is 0 Å². The Morgan fingerprint density at radius 1 is 0.850 bits per heavy atom. The molecule has 2 nitrogen and oxygen atoms in total. The fourth-order valence-corrected chi connectivity index (χ4v) is 2.32. The molecule has 106 valence electrons. The van der Waals surface area contributed by atoms with Crippen LogP contribution in [-0.4, -0.2) is 6.04 Å². The maximum Gasteiger partial charge on any atom is 0.138 e. The zero-order valence-corrected chi connectivity index (χ0v) is 12.4. The third-order valence-electron chi connectivity index (χ3n) is 3.40.